The Hall–Kier alpha value is -1.32. The first-order valence-electron chi connectivity index (χ1n) is 7.16. The summed E-state index contributed by atoms with van der Waals surface area (Å²) in [6.45, 7) is 6.04. The summed E-state index contributed by atoms with van der Waals surface area (Å²) in [6.07, 6.45) is 4.32. The van der Waals surface area contributed by atoms with E-state index in [2.05, 4.69) is 59.7 Å². The van der Waals surface area contributed by atoms with E-state index in [9.17, 15) is 0 Å². The Bertz CT molecular complexity index is 442. The quantitative estimate of drug-likeness (QED) is 0.841. The summed E-state index contributed by atoms with van der Waals surface area (Å²) in [6, 6.07) is 10.6. The lowest BCUT2D eigenvalue weighted by Crippen LogP contribution is -2.45. The number of piperidine rings is 1. The molecule has 0 radical (unpaired) electrons. The average molecular weight is 257 g/mol. The van der Waals surface area contributed by atoms with E-state index in [1.165, 1.54) is 5.56 Å². The molecule has 1 aromatic carbocycles. The maximum Gasteiger partial charge on any atom is 0.0405 e. The molecule has 2 atom stereocenters. The van der Waals surface area contributed by atoms with Crippen LogP contribution in [-0.4, -0.2) is 30.1 Å². The van der Waals surface area contributed by atoms with Crippen LogP contribution in [0.25, 0.3) is 0 Å². The van der Waals surface area contributed by atoms with Crippen LogP contribution in [0, 0.1) is 11.8 Å². The highest BCUT2D eigenvalue weighted by Gasteiger charge is 2.66. The van der Waals surface area contributed by atoms with E-state index in [4.69, 9.17) is 5.73 Å². The second-order valence-electron chi connectivity index (χ2n) is 5.73. The van der Waals surface area contributed by atoms with Crippen LogP contribution in [0.1, 0.15) is 12.5 Å². The first-order chi connectivity index (χ1) is 9.30. The van der Waals surface area contributed by atoms with Crippen molar-refractivity contribution in [3.8, 4) is 0 Å². The Labute approximate surface area is 115 Å². The molecular formula is C16H23N3. The van der Waals surface area contributed by atoms with Crippen molar-refractivity contribution in [2.75, 3.05) is 19.6 Å². The second-order valence-corrected chi connectivity index (χ2v) is 5.73. The highest BCUT2D eigenvalue weighted by molar-refractivity contribution is 5.25. The molecule has 19 heavy (non-hydrogen) atoms. The van der Waals surface area contributed by atoms with Gasteiger partial charge >= 0.3 is 0 Å². The molecule has 3 nitrogen and oxygen atoms in total. The fraction of sp³-hybridized carbons (Fsp3) is 0.500. The Balaban J connectivity index is 1.59. The Morgan fingerprint density at radius 1 is 1.32 bits per heavy atom. The molecule has 1 aliphatic heterocycles. The Morgan fingerprint density at radius 3 is 2.58 bits per heavy atom. The molecule has 1 heterocycles. The van der Waals surface area contributed by atoms with Gasteiger partial charge in [-0.25, -0.2) is 0 Å². The largest absolute Gasteiger partial charge is 0.377 e. The standard InChI is InChI=1S/C16H23N3/c1-2-8-19-10-14-15(11-19)16(14,12-17)18-9-13-6-4-3-5-7-13/h2-8,14-15,18H,9-12,17H2,1H3. The molecule has 1 aromatic rings. The SMILES string of the molecule is CC=CN1CC2C(C1)C2(CN)NCc1ccccc1. The van der Waals surface area contributed by atoms with Crippen molar-refractivity contribution in [1.29, 1.82) is 0 Å². The molecule has 102 valence electrons. The molecule has 2 fully saturated rings. The van der Waals surface area contributed by atoms with E-state index in [0.717, 1.165) is 38.0 Å². The van der Waals surface area contributed by atoms with Gasteiger partial charge in [0.25, 0.3) is 0 Å². The van der Waals surface area contributed by atoms with Gasteiger partial charge in [-0.2, -0.15) is 0 Å². The summed E-state index contributed by atoms with van der Waals surface area (Å²) in [7, 11) is 0. The van der Waals surface area contributed by atoms with Crippen molar-refractivity contribution < 1.29 is 0 Å². The molecule has 3 rings (SSSR count). The number of nitrogens with one attached hydrogen (secondary N) is 1. The highest BCUT2D eigenvalue weighted by atomic mass is 15.2. The molecule has 2 unspecified atom stereocenters. The van der Waals surface area contributed by atoms with Crippen molar-refractivity contribution in [2.24, 2.45) is 17.6 Å². The van der Waals surface area contributed by atoms with Gasteiger partial charge in [-0.1, -0.05) is 36.4 Å². The van der Waals surface area contributed by atoms with Gasteiger partial charge in [-0.3, -0.25) is 0 Å². The number of nitrogens with two attached hydrogens (primary N) is 1. The number of allylic oxidation sites excluding steroid dienone is 1. The van der Waals surface area contributed by atoms with Crippen molar-refractivity contribution in [3.63, 3.8) is 0 Å². The van der Waals surface area contributed by atoms with Crippen LogP contribution in [0.15, 0.2) is 42.6 Å². The van der Waals surface area contributed by atoms with E-state index in [0.29, 0.717) is 0 Å². The number of fused-ring (bicyclic) bond motifs is 1. The number of likely N-dealkylation sites (tertiary alicyclic amines) is 1. The molecule has 0 bridgehead atoms. The summed E-state index contributed by atoms with van der Waals surface area (Å²) in [5.41, 5.74) is 7.57. The third-order valence-electron chi connectivity index (χ3n) is 4.72. The van der Waals surface area contributed by atoms with E-state index < -0.39 is 0 Å². The van der Waals surface area contributed by atoms with Crippen LogP contribution in [0.3, 0.4) is 0 Å². The number of hydrogen-bond acceptors (Lipinski definition) is 3. The molecule has 0 aromatic heterocycles. The third kappa shape index (κ3) is 2.17. The highest BCUT2D eigenvalue weighted by Crippen LogP contribution is 2.54. The molecule has 3 heteroatoms. The van der Waals surface area contributed by atoms with Crippen molar-refractivity contribution in [2.45, 2.75) is 19.0 Å². The predicted molar refractivity (Wildman–Crippen MR) is 78.4 cm³/mol. The van der Waals surface area contributed by atoms with Gasteiger partial charge in [-0.15, -0.1) is 0 Å². The maximum atomic E-state index is 6.04. The summed E-state index contributed by atoms with van der Waals surface area (Å²) in [4.78, 5) is 2.41. The van der Waals surface area contributed by atoms with Gasteiger partial charge in [0.05, 0.1) is 0 Å². The molecule has 1 saturated heterocycles. The van der Waals surface area contributed by atoms with Gasteiger partial charge < -0.3 is 16.0 Å². The Morgan fingerprint density at radius 2 is 2.00 bits per heavy atom. The van der Waals surface area contributed by atoms with E-state index in [1.54, 1.807) is 0 Å². The van der Waals surface area contributed by atoms with Gasteiger partial charge in [0.2, 0.25) is 0 Å². The fourth-order valence-corrected chi connectivity index (χ4v) is 3.60. The lowest BCUT2D eigenvalue weighted by Gasteiger charge is -2.26. The van der Waals surface area contributed by atoms with E-state index in [1.807, 2.05) is 0 Å². The smallest absolute Gasteiger partial charge is 0.0405 e. The van der Waals surface area contributed by atoms with E-state index in [-0.39, 0.29) is 5.54 Å². The predicted octanol–water partition coefficient (Wildman–Crippen LogP) is 1.57. The van der Waals surface area contributed by atoms with Crippen molar-refractivity contribution >= 4 is 0 Å². The molecule has 3 N–H and O–H groups in total. The van der Waals surface area contributed by atoms with Crippen LogP contribution in [0.5, 0.6) is 0 Å². The summed E-state index contributed by atoms with van der Waals surface area (Å²) >= 11 is 0. The topological polar surface area (TPSA) is 41.3 Å². The van der Waals surface area contributed by atoms with Crippen LogP contribution >= 0.6 is 0 Å². The molecule has 1 saturated carbocycles. The lowest BCUT2D eigenvalue weighted by molar-refractivity contribution is 0.320. The number of rotatable bonds is 5. The third-order valence-corrected chi connectivity index (χ3v) is 4.72. The molecule has 0 spiro atoms. The molecule has 2 aliphatic rings. The van der Waals surface area contributed by atoms with Gasteiger partial charge in [0.15, 0.2) is 0 Å². The maximum absolute atomic E-state index is 6.04. The summed E-state index contributed by atoms with van der Waals surface area (Å²) in [5, 5.41) is 3.73. The van der Waals surface area contributed by atoms with Crippen LogP contribution in [-0.2, 0) is 6.54 Å². The minimum absolute atomic E-state index is 0.188. The van der Waals surface area contributed by atoms with Crippen molar-refractivity contribution in [1.82, 2.24) is 10.2 Å². The summed E-state index contributed by atoms with van der Waals surface area (Å²) in [5.74, 6) is 1.44. The molecule has 1 aliphatic carbocycles. The van der Waals surface area contributed by atoms with Gasteiger partial charge in [0.1, 0.15) is 0 Å². The van der Waals surface area contributed by atoms with Gasteiger partial charge in [0, 0.05) is 43.6 Å². The van der Waals surface area contributed by atoms with E-state index >= 15 is 0 Å². The summed E-state index contributed by atoms with van der Waals surface area (Å²) < 4.78 is 0. The van der Waals surface area contributed by atoms with Crippen LogP contribution in [0.4, 0.5) is 0 Å². The molecule has 0 amide bonds. The lowest BCUT2D eigenvalue weighted by atomic mass is 10.1. The average Bonchev–Trinajstić information content (AvgIpc) is 2.81. The minimum Gasteiger partial charge on any atom is -0.377 e. The normalized spacial score (nSPS) is 32.8. The molecular weight excluding hydrogens is 234 g/mol. The zero-order chi connectivity index (χ0) is 13.3. The first kappa shape index (κ1) is 12.7. The van der Waals surface area contributed by atoms with Crippen LogP contribution in [0.2, 0.25) is 0 Å². The zero-order valence-corrected chi connectivity index (χ0v) is 11.5. The monoisotopic (exact) mass is 257 g/mol. The second kappa shape index (κ2) is 4.99. The van der Waals surface area contributed by atoms with Crippen LogP contribution < -0.4 is 11.1 Å². The number of nitrogens with zero attached hydrogens (tertiary/aromatic N) is 1. The fourth-order valence-electron chi connectivity index (χ4n) is 3.60. The Kier molecular flexibility index (Phi) is 3.33. The van der Waals surface area contributed by atoms with Gasteiger partial charge in [-0.05, 0) is 18.7 Å². The first-order valence-corrected chi connectivity index (χ1v) is 7.16. The number of benzene rings is 1. The number of hydrogen-bond donors (Lipinski definition) is 2. The minimum atomic E-state index is 0.188. The van der Waals surface area contributed by atoms with Crippen molar-refractivity contribution in [3.05, 3.63) is 48.2 Å². The zero-order valence-electron chi connectivity index (χ0n) is 11.5.